The predicted molar refractivity (Wildman–Crippen MR) is 125 cm³/mol. The van der Waals surface area contributed by atoms with Gasteiger partial charge in [0, 0.05) is 21.8 Å². The minimum Gasteiger partial charge on any atom is -0.490 e. The third kappa shape index (κ3) is 5.99. The summed E-state index contributed by atoms with van der Waals surface area (Å²) in [4.78, 5) is 4.53. The molecule has 0 spiro atoms. The predicted octanol–water partition coefficient (Wildman–Crippen LogP) is 7.79. The zero-order valence-electron chi connectivity index (χ0n) is 16.1. The molecule has 0 radical (unpaired) electrons. The van der Waals surface area contributed by atoms with Crippen molar-refractivity contribution in [3.05, 3.63) is 85.8 Å². The van der Waals surface area contributed by atoms with Crippen molar-refractivity contribution in [1.29, 1.82) is 0 Å². The van der Waals surface area contributed by atoms with Crippen LogP contribution in [0.4, 0.5) is 5.69 Å². The summed E-state index contributed by atoms with van der Waals surface area (Å²) in [5.41, 5.74) is 3.84. The summed E-state index contributed by atoms with van der Waals surface area (Å²) in [6.07, 6.45) is 1.80. The maximum absolute atomic E-state index is 6.25. The fourth-order valence-corrected chi connectivity index (χ4v) is 3.67. The van der Waals surface area contributed by atoms with Gasteiger partial charge in [0.25, 0.3) is 0 Å². The molecule has 0 amide bonds. The van der Waals surface area contributed by atoms with Gasteiger partial charge in [-0.1, -0.05) is 47.0 Å². The van der Waals surface area contributed by atoms with Gasteiger partial charge in [-0.2, -0.15) is 0 Å². The van der Waals surface area contributed by atoms with Crippen LogP contribution in [-0.2, 0) is 6.61 Å². The number of hydrogen-bond donors (Lipinski definition) is 0. The van der Waals surface area contributed by atoms with E-state index in [1.54, 1.807) is 18.3 Å². The molecule has 0 heterocycles. The average molecular weight is 493 g/mol. The van der Waals surface area contributed by atoms with Crippen LogP contribution in [0, 0.1) is 6.92 Å². The Morgan fingerprint density at radius 3 is 2.45 bits per heavy atom. The lowest BCUT2D eigenvalue weighted by Gasteiger charge is -2.15. The molecule has 3 aromatic rings. The minimum absolute atomic E-state index is 0.297. The molecule has 0 saturated carbocycles. The summed E-state index contributed by atoms with van der Waals surface area (Å²) in [5, 5.41) is 1.15. The second-order valence-electron chi connectivity index (χ2n) is 6.38. The SMILES string of the molecule is CCOc1cc(C=Nc2ccc(C)cc2)cc(Br)c1OCc1ccc(Cl)cc1Cl. The third-order valence-corrected chi connectivity index (χ3v) is 5.29. The Hall–Kier alpha value is -2.01. The van der Waals surface area contributed by atoms with Crippen molar-refractivity contribution in [2.24, 2.45) is 4.99 Å². The van der Waals surface area contributed by atoms with Crippen molar-refractivity contribution in [2.75, 3.05) is 6.61 Å². The van der Waals surface area contributed by atoms with E-state index in [2.05, 4.69) is 27.8 Å². The fraction of sp³-hybridized carbons (Fsp3) is 0.174. The molecule has 0 atom stereocenters. The summed E-state index contributed by atoms with van der Waals surface area (Å²) >= 11 is 15.8. The van der Waals surface area contributed by atoms with Crippen molar-refractivity contribution in [3.63, 3.8) is 0 Å². The van der Waals surface area contributed by atoms with Gasteiger partial charge in [0.1, 0.15) is 6.61 Å². The van der Waals surface area contributed by atoms with Gasteiger partial charge in [0.2, 0.25) is 0 Å². The zero-order chi connectivity index (χ0) is 20.8. The molecule has 29 heavy (non-hydrogen) atoms. The summed E-state index contributed by atoms with van der Waals surface area (Å²) in [7, 11) is 0. The molecule has 3 rings (SSSR count). The van der Waals surface area contributed by atoms with Crippen LogP contribution in [0.5, 0.6) is 11.5 Å². The third-order valence-electron chi connectivity index (χ3n) is 4.12. The van der Waals surface area contributed by atoms with Gasteiger partial charge in [0.05, 0.1) is 16.8 Å². The van der Waals surface area contributed by atoms with Crippen molar-refractivity contribution in [3.8, 4) is 11.5 Å². The van der Waals surface area contributed by atoms with Gasteiger partial charge < -0.3 is 9.47 Å². The molecule has 0 saturated heterocycles. The number of hydrogen-bond acceptors (Lipinski definition) is 3. The number of halogens is 3. The summed E-state index contributed by atoms with van der Waals surface area (Å²) < 4.78 is 12.6. The van der Waals surface area contributed by atoms with E-state index in [1.165, 1.54) is 5.56 Å². The van der Waals surface area contributed by atoms with Gasteiger partial charge in [-0.25, -0.2) is 0 Å². The number of aryl methyl sites for hydroxylation is 1. The highest BCUT2D eigenvalue weighted by atomic mass is 79.9. The highest BCUT2D eigenvalue weighted by molar-refractivity contribution is 9.10. The number of nitrogens with zero attached hydrogens (tertiary/aromatic N) is 1. The summed E-state index contributed by atoms with van der Waals surface area (Å²) in [6, 6.07) is 17.2. The Balaban J connectivity index is 1.82. The van der Waals surface area contributed by atoms with Gasteiger partial charge in [-0.15, -0.1) is 0 Å². The van der Waals surface area contributed by atoms with Crippen LogP contribution in [0.3, 0.4) is 0 Å². The molecule has 150 valence electrons. The fourth-order valence-electron chi connectivity index (χ4n) is 2.63. The Bertz CT molecular complexity index is 1020. The first-order valence-electron chi connectivity index (χ1n) is 9.10. The lowest BCUT2D eigenvalue weighted by molar-refractivity contribution is 0.267. The first-order chi connectivity index (χ1) is 14.0. The van der Waals surface area contributed by atoms with Crippen molar-refractivity contribution >= 4 is 51.0 Å². The standard InChI is InChI=1S/C23H20BrCl2NO2/c1-3-28-22-11-16(13-27-19-8-4-15(2)5-9-19)10-20(24)23(22)29-14-17-6-7-18(25)12-21(17)26/h4-13H,3,14H2,1-2H3. The Morgan fingerprint density at radius 2 is 1.76 bits per heavy atom. The van der Waals surface area contributed by atoms with E-state index in [4.69, 9.17) is 32.7 Å². The van der Waals surface area contributed by atoms with Crippen molar-refractivity contribution < 1.29 is 9.47 Å². The van der Waals surface area contributed by atoms with Gasteiger partial charge in [-0.3, -0.25) is 4.99 Å². The van der Waals surface area contributed by atoms with E-state index in [1.807, 2.05) is 49.4 Å². The smallest absolute Gasteiger partial charge is 0.175 e. The maximum Gasteiger partial charge on any atom is 0.175 e. The van der Waals surface area contributed by atoms with Crippen LogP contribution < -0.4 is 9.47 Å². The van der Waals surface area contributed by atoms with Crippen molar-refractivity contribution in [2.45, 2.75) is 20.5 Å². The zero-order valence-corrected chi connectivity index (χ0v) is 19.2. The normalized spacial score (nSPS) is 11.1. The van der Waals surface area contributed by atoms with Crippen LogP contribution in [-0.4, -0.2) is 12.8 Å². The molecular weight excluding hydrogens is 473 g/mol. The van der Waals surface area contributed by atoms with E-state index in [0.717, 1.165) is 21.3 Å². The highest BCUT2D eigenvalue weighted by Crippen LogP contribution is 2.37. The number of aliphatic imine (C=N–C) groups is 1. The van der Waals surface area contributed by atoms with Crippen LogP contribution in [0.2, 0.25) is 10.0 Å². The van der Waals surface area contributed by atoms with E-state index >= 15 is 0 Å². The Labute approximate surface area is 189 Å². The summed E-state index contributed by atoms with van der Waals surface area (Å²) in [6.45, 7) is 4.80. The first kappa shape index (κ1) is 21.7. The van der Waals surface area contributed by atoms with E-state index in [-0.39, 0.29) is 0 Å². The van der Waals surface area contributed by atoms with Gasteiger partial charge in [0.15, 0.2) is 11.5 Å². The Morgan fingerprint density at radius 1 is 1.00 bits per heavy atom. The monoisotopic (exact) mass is 491 g/mol. The molecule has 0 fully saturated rings. The van der Waals surface area contributed by atoms with E-state index in [0.29, 0.717) is 34.8 Å². The Kier molecular flexibility index (Phi) is 7.59. The topological polar surface area (TPSA) is 30.8 Å². The molecule has 6 heteroatoms. The molecule has 0 aliphatic rings. The lowest BCUT2D eigenvalue weighted by Crippen LogP contribution is -2.02. The molecule has 0 aromatic heterocycles. The largest absolute Gasteiger partial charge is 0.490 e. The average Bonchev–Trinajstić information content (AvgIpc) is 2.68. The van der Waals surface area contributed by atoms with Gasteiger partial charge in [-0.05, 0) is 71.7 Å². The molecule has 0 bridgehead atoms. The quantitative estimate of drug-likeness (QED) is 0.315. The van der Waals surface area contributed by atoms with Crippen LogP contribution in [0.25, 0.3) is 0 Å². The lowest BCUT2D eigenvalue weighted by atomic mass is 10.2. The number of benzene rings is 3. The molecule has 0 aliphatic carbocycles. The minimum atomic E-state index is 0.297. The van der Waals surface area contributed by atoms with Crippen LogP contribution in [0.1, 0.15) is 23.6 Å². The molecule has 3 aromatic carbocycles. The number of rotatable bonds is 7. The van der Waals surface area contributed by atoms with Gasteiger partial charge >= 0.3 is 0 Å². The molecule has 3 nitrogen and oxygen atoms in total. The molecule has 0 aliphatic heterocycles. The first-order valence-corrected chi connectivity index (χ1v) is 10.6. The molecule has 0 unspecified atom stereocenters. The molecule has 0 N–H and O–H groups in total. The second-order valence-corrected chi connectivity index (χ2v) is 8.08. The second kappa shape index (κ2) is 10.1. The van der Waals surface area contributed by atoms with E-state index < -0.39 is 0 Å². The highest BCUT2D eigenvalue weighted by Gasteiger charge is 2.13. The number of ether oxygens (including phenoxy) is 2. The van der Waals surface area contributed by atoms with E-state index in [9.17, 15) is 0 Å². The summed E-state index contributed by atoms with van der Waals surface area (Å²) in [5.74, 6) is 1.25. The van der Waals surface area contributed by atoms with Crippen LogP contribution in [0.15, 0.2) is 64.1 Å². The van der Waals surface area contributed by atoms with Crippen LogP contribution >= 0.6 is 39.1 Å². The van der Waals surface area contributed by atoms with Crippen molar-refractivity contribution in [1.82, 2.24) is 0 Å². The molecular formula is C23H20BrCl2NO2. The maximum atomic E-state index is 6.25.